The highest BCUT2D eigenvalue weighted by molar-refractivity contribution is 7.99. The molecule has 3 heteroatoms. The van der Waals surface area contributed by atoms with Crippen molar-refractivity contribution in [2.45, 2.75) is 104 Å². The van der Waals surface area contributed by atoms with Gasteiger partial charge in [0.1, 0.15) is 5.88 Å². The maximum absolute atomic E-state index is 2.41. The minimum atomic E-state index is 0. The normalized spacial score (nSPS) is 11.5. The molecule has 0 saturated carbocycles. The Morgan fingerprint density at radius 1 is 0.583 bits per heavy atom. The molecule has 24 heavy (non-hydrogen) atoms. The summed E-state index contributed by atoms with van der Waals surface area (Å²) >= 11 is 2.18. The van der Waals surface area contributed by atoms with Gasteiger partial charge in [0.2, 0.25) is 0 Å². The Kier molecular flexibility index (Phi) is 22.3. The summed E-state index contributed by atoms with van der Waals surface area (Å²) in [5, 5.41) is 0. The molecule has 0 atom stereocenters. The predicted molar refractivity (Wildman–Crippen MR) is 110 cm³/mol. The van der Waals surface area contributed by atoms with E-state index < -0.39 is 0 Å². The van der Waals surface area contributed by atoms with Gasteiger partial charge in [-0.1, -0.05) is 84.5 Å². The summed E-state index contributed by atoms with van der Waals surface area (Å²) < 4.78 is 1.20. The van der Waals surface area contributed by atoms with Gasteiger partial charge in [0.15, 0.2) is 0 Å². The van der Waals surface area contributed by atoms with Gasteiger partial charge in [-0.25, -0.2) is 0 Å². The molecule has 0 heterocycles. The van der Waals surface area contributed by atoms with Crippen LogP contribution in [-0.4, -0.2) is 36.8 Å². The third-order valence-electron chi connectivity index (χ3n) is 4.70. The lowest BCUT2D eigenvalue weighted by Crippen LogP contribution is -3.00. The number of halogens is 1. The number of nitrogens with zero attached hydrogens (tertiary/aromatic N) is 1. The van der Waals surface area contributed by atoms with Crippen LogP contribution in [0.15, 0.2) is 0 Å². The highest BCUT2D eigenvalue weighted by Crippen LogP contribution is 2.15. The summed E-state index contributed by atoms with van der Waals surface area (Å²) in [6.45, 7) is 5.95. The van der Waals surface area contributed by atoms with Crippen molar-refractivity contribution in [3.8, 4) is 0 Å². The number of thioether (sulfide) groups is 1. The van der Waals surface area contributed by atoms with E-state index in [2.05, 4.69) is 39.7 Å². The molecule has 0 fully saturated rings. The average Bonchev–Trinajstić information content (AvgIpc) is 2.52. The van der Waals surface area contributed by atoms with E-state index in [4.69, 9.17) is 0 Å². The van der Waals surface area contributed by atoms with Crippen molar-refractivity contribution >= 4 is 11.8 Å². The van der Waals surface area contributed by atoms with E-state index in [1.165, 1.54) is 113 Å². The van der Waals surface area contributed by atoms with E-state index in [9.17, 15) is 0 Å². The summed E-state index contributed by atoms with van der Waals surface area (Å²) in [6.07, 6.45) is 20.0. The second kappa shape index (κ2) is 19.9. The van der Waals surface area contributed by atoms with Crippen LogP contribution in [0.25, 0.3) is 0 Å². The first-order chi connectivity index (χ1) is 11.1. The fourth-order valence-corrected chi connectivity index (χ4v) is 4.20. The zero-order valence-electron chi connectivity index (χ0n) is 17.3. The lowest BCUT2D eigenvalue weighted by molar-refractivity contribution is -0.877. The monoisotopic (exact) mass is 379 g/mol. The Morgan fingerprint density at radius 3 is 1.50 bits per heavy atom. The summed E-state index contributed by atoms with van der Waals surface area (Å²) in [4.78, 5) is 0. The van der Waals surface area contributed by atoms with E-state index in [-0.39, 0.29) is 12.4 Å². The van der Waals surface area contributed by atoms with Crippen molar-refractivity contribution in [3.63, 3.8) is 0 Å². The van der Waals surface area contributed by atoms with Gasteiger partial charge in [0.05, 0.1) is 20.6 Å². The molecular weight excluding hydrogens is 334 g/mol. The smallest absolute Gasteiger partial charge is 0.125 e. The van der Waals surface area contributed by atoms with Crippen molar-refractivity contribution in [1.82, 2.24) is 0 Å². The van der Waals surface area contributed by atoms with Gasteiger partial charge < -0.3 is 16.9 Å². The summed E-state index contributed by atoms with van der Waals surface area (Å²) in [7, 11) is 4.82. The highest BCUT2D eigenvalue weighted by atomic mass is 35.5. The van der Waals surface area contributed by atoms with Gasteiger partial charge in [-0.15, -0.1) is 11.8 Å². The maximum Gasteiger partial charge on any atom is 0.125 e. The SMILES string of the molecule is CCCCCCCCCCSC[N+](C)(C)CCCCCCCC.[Cl-]. The van der Waals surface area contributed by atoms with Crippen molar-refractivity contribution in [2.75, 3.05) is 32.3 Å². The van der Waals surface area contributed by atoms with Gasteiger partial charge in [-0.05, 0) is 25.0 Å². The lowest BCUT2D eigenvalue weighted by Gasteiger charge is -2.29. The van der Waals surface area contributed by atoms with E-state index in [0.717, 1.165) is 0 Å². The van der Waals surface area contributed by atoms with E-state index in [0.29, 0.717) is 0 Å². The number of rotatable bonds is 18. The fourth-order valence-electron chi connectivity index (χ4n) is 3.03. The van der Waals surface area contributed by atoms with Crippen molar-refractivity contribution in [3.05, 3.63) is 0 Å². The predicted octanol–water partition coefficient (Wildman–Crippen LogP) is 4.26. The van der Waals surface area contributed by atoms with Crippen LogP contribution in [0.1, 0.15) is 104 Å². The molecule has 0 aliphatic carbocycles. The van der Waals surface area contributed by atoms with Gasteiger partial charge in [0, 0.05) is 0 Å². The number of hydrogen-bond donors (Lipinski definition) is 0. The molecule has 0 spiro atoms. The second-order valence-corrected chi connectivity index (χ2v) is 9.01. The molecule has 0 saturated heterocycles. The van der Waals surface area contributed by atoms with Crippen LogP contribution in [0.2, 0.25) is 0 Å². The molecule has 0 unspecified atom stereocenters. The lowest BCUT2D eigenvalue weighted by atomic mass is 10.1. The van der Waals surface area contributed by atoms with E-state index in [1.54, 1.807) is 0 Å². The molecule has 0 N–H and O–H groups in total. The average molecular weight is 380 g/mol. The molecule has 0 aromatic rings. The van der Waals surface area contributed by atoms with Crippen molar-refractivity contribution < 1.29 is 16.9 Å². The first-order valence-electron chi connectivity index (χ1n) is 10.5. The molecular formula is C21H46ClNS. The standard InChI is InChI=1S/C21H46NS.ClH/c1-5-7-9-11-13-14-16-18-20-23-21-22(3,4)19-17-15-12-10-8-6-2;/h5-21H2,1-4H3;1H/q+1;/p-1. The molecule has 1 nitrogen and oxygen atoms in total. The summed E-state index contributed by atoms with van der Waals surface area (Å²) in [5.41, 5.74) is 0. The molecule has 0 aliphatic rings. The minimum absolute atomic E-state index is 0. The molecule has 0 aromatic carbocycles. The Balaban J connectivity index is 0. The maximum atomic E-state index is 2.41. The largest absolute Gasteiger partial charge is 1.00 e. The summed E-state index contributed by atoms with van der Waals surface area (Å²) in [6, 6.07) is 0. The van der Waals surface area contributed by atoms with Crippen LogP contribution >= 0.6 is 11.8 Å². The zero-order chi connectivity index (χ0) is 17.2. The van der Waals surface area contributed by atoms with Crippen molar-refractivity contribution in [2.24, 2.45) is 0 Å². The Hall–Kier alpha value is 0.600. The van der Waals surface area contributed by atoms with E-state index in [1.807, 2.05) is 0 Å². The third kappa shape index (κ3) is 20.6. The summed E-state index contributed by atoms with van der Waals surface area (Å²) in [5.74, 6) is 2.67. The molecule has 0 amide bonds. The third-order valence-corrected chi connectivity index (χ3v) is 6.16. The van der Waals surface area contributed by atoms with Gasteiger partial charge >= 0.3 is 0 Å². The molecule has 0 rings (SSSR count). The topological polar surface area (TPSA) is 0 Å². The number of quaternary nitrogens is 1. The quantitative estimate of drug-likeness (QED) is 0.195. The number of hydrogen-bond acceptors (Lipinski definition) is 1. The fraction of sp³-hybridized carbons (Fsp3) is 1.00. The van der Waals surface area contributed by atoms with Gasteiger partial charge in [-0.2, -0.15) is 0 Å². The Bertz CT molecular complexity index is 234. The van der Waals surface area contributed by atoms with Gasteiger partial charge in [-0.3, -0.25) is 0 Å². The van der Waals surface area contributed by atoms with Gasteiger partial charge in [0.25, 0.3) is 0 Å². The molecule has 0 radical (unpaired) electrons. The van der Waals surface area contributed by atoms with Crippen LogP contribution in [0.4, 0.5) is 0 Å². The van der Waals surface area contributed by atoms with Crippen LogP contribution in [0.3, 0.4) is 0 Å². The zero-order valence-corrected chi connectivity index (χ0v) is 18.8. The van der Waals surface area contributed by atoms with Crippen LogP contribution < -0.4 is 12.4 Å². The molecule has 0 bridgehead atoms. The van der Waals surface area contributed by atoms with Crippen molar-refractivity contribution in [1.29, 1.82) is 0 Å². The second-order valence-electron chi connectivity index (χ2n) is 7.94. The highest BCUT2D eigenvalue weighted by Gasteiger charge is 2.13. The minimum Gasteiger partial charge on any atom is -1.00 e. The van der Waals surface area contributed by atoms with E-state index >= 15 is 0 Å². The van der Waals surface area contributed by atoms with Crippen LogP contribution in [0.5, 0.6) is 0 Å². The molecule has 148 valence electrons. The number of unbranched alkanes of at least 4 members (excludes halogenated alkanes) is 12. The first-order valence-corrected chi connectivity index (χ1v) is 11.7. The Morgan fingerprint density at radius 2 is 1.00 bits per heavy atom. The Labute approximate surface area is 164 Å². The first kappa shape index (κ1) is 26.8. The van der Waals surface area contributed by atoms with Crippen LogP contribution in [0, 0.1) is 0 Å². The van der Waals surface area contributed by atoms with Crippen LogP contribution in [-0.2, 0) is 0 Å². The molecule has 0 aliphatic heterocycles. The molecule has 0 aromatic heterocycles.